The molecule has 0 radical (unpaired) electrons. The Hall–Kier alpha value is -2.06. The number of rotatable bonds is 5. The van der Waals surface area contributed by atoms with E-state index in [2.05, 4.69) is 41.9 Å². The predicted octanol–water partition coefficient (Wildman–Crippen LogP) is 1.97. The molecule has 2 fully saturated rings. The van der Waals surface area contributed by atoms with E-state index < -0.39 is 12.1 Å². The third-order valence-electron chi connectivity index (χ3n) is 6.91. The Morgan fingerprint density at radius 1 is 1.16 bits per heavy atom. The van der Waals surface area contributed by atoms with Crippen molar-refractivity contribution in [3.63, 3.8) is 0 Å². The number of aryl methyl sites for hydroxylation is 1. The van der Waals surface area contributed by atoms with Crippen molar-refractivity contribution in [2.24, 2.45) is 5.41 Å². The minimum absolute atomic E-state index is 0.0249. The van der Waals surface area contributed by atoms with E-state index in [1.54, 1.807) is 23.7 Å². The average molecular weight is 459 g/mol. The molecule has 2 saturated heterocycles. The maximum atomic E-state index is 13.7. The Bertz CT molecular complexity index is 890. The van der Waals surface area contributed by atoms with Crippen LogP contribution in [0, 0.1) is 5.41 Å². The van der Waals surface area contributed by atoms with E-state index in [4.69, 9.17) is 0 Å². The molecule has 3 aliphatic rings. The first-order valence-electron chi connectivity index (χ1n) is 11.6. The van der Waals surface area contributed by atoms with Crippen molar-refractivity contribution in [2.45, 2.75) is 69.5 Å². The minimum Gasteiger partial charge on any atom is -0.347 e. The molecule has 174 valence electrons. The first-order chi connectivity index (χ1) is 15.3. The molecule has 0 spiro atoms. The predicted molar refractivity (Wildman–Crippen MR) is 126 cm³/mol. The van der Waals surface area contributed by atoms with E-state index >= 15 is 0 Å². The second kappa shape index (κ2) is 9.43. The second-order valence-electron chi connectivity index (χ2n) is 9.76. The van der Waals surface area contributed by atoms with Gasteiger partial charge in [0.25, 0.3) is 0 Å². The van der Waals surface area contributed by atoms with Crippen molar-refractivity contribution in [3.05, 3.63) is 35.4 Å². The third kappa shape index (κ3) is 4.53. The molecule has 32 heavy (non-hydrogen) atoms. The summed E-state index contributed by atoms with van der Waals surface area (Å²) in [5.74, 6) is 0.347. The topological polar surface area (TPSA) is 90.5 Å². The van der Waals surface area contributed by atoms with Gasteiger partial charge in [-0.25, -0.2) is 0 Å². The molecule has 3 N–H and O–H groups in total. The van der Waals surface area contributed by atoms with Crippen LogP contribution in [0.3, 0.4) is 0 Å². The van der Waals surface area contributed by atoms with Crippen LogP contribution < -0.4 is 16.0 Å². The van der Waals surface area contributed by atoms with Gasteiger partial charge >= 0.3 is 0 Å². The van der Waals surface area contributed by atoms with Gasteiger partial charge in [0, 0.05) is 0 Å². The highest BCUT2D eigenvalue weighted by Gasteiger charge is 2.54. The lowest BCUT2D eigenvalue weighted by Gasteiger charge is -2.36. The monoisotopic (exact) mass is 458 g/mol. The number of carbonyl (C=O) groups is 3. The van der Waals surface area contributed by atoms with Gasteiger partial charge in [0.1, 0.15) is 12.1 Å². The maximum Gasteiger partial charge on any atom is 0.246 e. The SMILES string of the molecule is CNCC(=O)N[C@H]1CCS[C@H]2CC(C)(C)C(C(=O)N[C@@H]3CCCc4ccccc43)N2C1=O. The van der Waals surface area contributed by atoms with Crippen LogP contribution in [0.4, 0.5) is 0 Å². The van der Waals surface area contributed by atoms with Crippen LogP contribution in [0.15, 0.2) is 24.3 Å². The number of fused-ring (bicyclic) bond motifs is 2. The standard InChI is InChI=1S/C24H34N4O3S/c1-24(2)13-20-28(23(31)18(11-12-32-20)26-19(29)14-25-3)21(24)22(30)27-17-10-6-8-15-7-4-5-9-16(15)17/h4-5,7,9,17-18,20-21,25H,6,8,10-14H2,1-3H3,(H,26,29)(H,27,30)/t17-,18+,20+,21?/m1/s1. The highest BCUT2D eigenvalue weighted by Crippen LogP contribution is 2.46. The van der Waals surface area contributed by atoms with Gasteiger partial charge in [-0.05, 0) is 61.4 Å². The van der Waals surface area contributed by atoms with Gasteiger partial charge in [-0.2, -0.15) is 0 Å². The Labute approximate surface area is 194 Å². The molecule has 1 unspecified atom stereocenters. The Morgan fingerprint density at radius 2 is 1.94 bits per heavy atom. The molecule has 0 aromatic heterocycles. The van der Waals surface area contributed by atoms with Crippen LogP contribution in [0.5, 0.6) is 0 Å². The summed E-state index contributed by atoms with van der Waals surface area (Å²) in [6.07, 6.45) is 4.33. The summed E-state index contributed by atoms with van der Waals surface area (Å²) < 4.78 is 0. The van der Waals surface area contributed by atoms with Crippen LogP contribution in [0.2, 0.25) is 0 Å². The largest absolute Gasteiger partial charge is 0.347 e. The number of nitrogens with one attached hydrogen (secondary N) is 3. The molecule has 2 aliphatic heterocycles. The normalized spacial score (nSPS) is 29.0. The lowest BCUT2D eigenvalue weighted by atomic mass is 9.83. The number of amides is 3. The number of hydrogen-bond donors (Lipinski definition) is 3. The number of nitrogens with zero attached hydrogens (tertiary/aromatic N) is 1. The van der Waals surface area contributed by atoms with Gasteiger partial charge in [-0.1, -0.05) is 38.1 Å². The first kappa shape index (κ1) is 23.1. The molecule has 4 rings (SSSR count). The molecule has 7 nitrogen and oxygen atoms in total. The van der Waals surface area contributed by atoms with Crippen molar-refractivity contribution < 1.29 is 14.4 Å². The fraction of sp³-hybridized carbons (Fsp3) is 0.625. The van der Waals surface area contributed by atoms with E-state index in [9.17, 15) is 14.4 Å². The molecule has 1 aliphatic carbocycles. The zero-order chi connectivity index (χ0) is 22.9. The lowest BCUT2D eigenvalue weighted by molar-refractivity contribution is -0.143. The number of benzene rings is 1. The second-order valence-corrected chi connectivity index (χ2v) is 11.0. The zero-order valence-electron chi connectivity index (χ0n) is 19.1. The fourth-order valence-electron chi connectivity index (χ4n) is 5.41. The van der Waals surface area contributed by atoms with Gasteiger partial charge in [0.05, 0.1) is 18.0 Å². The number of carbonyl (C=O) groups excluding carboxylic acids is 3. The van der Waals surface area contributed by atoms with Gasteiger partial charge in [-0.15, -0.1) is 11.8 Å². The highest BCUT2D eigenvalue weighted by molar-refractivity contribution is 7.99. The van der Waals surface area contributed by atoms with Crippen molar-refractivity contribution in [3.8, 4) is 0 Å². The Morgan fingerprint density at radius 3 is 2.72 bits per heavy atom. The van der Waals surface area contributed by atoms with E-state index in [0.717, 1.165) is 31.4 Å². The quantitative estimate of drug-likeness (QED) is 0.628. The van der Waals surface area contributed by atoms with Crippen molar-refractivity contribution in [1.82, 2.24) is 20.9 Å². The van der Waals surface area contributed by atoms with E-state index in [-0.39, 0.29) is 41.1 Å². The van der Waals surface area contributed by atoms with Crippen molar-refractivity contribution in [2.75, 3.05) is 19.3 Å². The minimum atomic E-state index is -0.590. The zero-order valence-corrected chi connectivity index (χ0v) is 20.0. The van der Waals surface area contributed by atoms with Crippen LogP contribution in [0.25, 0.3) is 0 Å². The van der Waals surface area contributed by atoms with E-state index in [0.29, 0.717) is 6.42 Å². The molecule has 4 atom stereocenters. The molecule has 0 bridgehead atoms. The molecular formula is C24H34N4O3S. The highest BCUT2D eigenvalue weighted by atomic mass is 32.2. The Kier molecular flexibility index (Phi) is 6.81. The molecule has 8 heteroatoms. The third-order valence-corrected chi connectivity index (χ3v) is 8.16. The van der Waals surface area contributed by atoms with Crippen LogP contribution in [-0.4, -0.2) is 59.4 Å². The summed E-state index contributed by atoms with van der Waals surface area (Å²) in [5, 5.41) is 8.93. The van der Waals surface area contributed by atoms with E-state index in [1.165, 1.54) is 11.1 Å². The molecule has 0 saturated carbocycles. The van der Waals surface area contributed by atoms with Crippen LogP contribution >= 0.6 is 11.8 Å². The summed E-state index contributed by atoms with van der Waals surface area (Å²) in [6, 6.07) is 7.13. The van der Waals surface area contributed by atoms with Gasteiger partial charge in [0.15, 0.2) is 0 Å². The molecular weight excluding hydrogens is 424 g/mol. The van der Waals surface area contributed by atoms with Gasteiger partial charge in [-0.3, -0.25) is 14.4 Å². The maximum absolute atomic E-state index is 13.7. The summed E-state index contributed by atoms with van der Waals surface area (Å²) >= 11 is 1.72. The first-order valence-corrected chi connectivity index (χ1v) is 12.6. The number of likely N-dealkylation sites (N-methyl/N-ethyl adjacent to an activating group) is 1. The molecule has 1 aromatic carbocycles. The summed E-state index contributed by atoms with van der Waals surface area (Å²) in [4.78, 5) is 41.2. The lowest BCUT2D eigenvalue weighted by Crippen LogP contribution is -2.57. The number of hydrogen-bond acceptors (Lipinski definition) is 5. The fourth-order valence-corrected chi connectivity index (χ4v) is 6.99. The summed E-state index contributed by atoms with van der Waals surface area (Å²) in [6.45, 7) is 4.31. The molecule has 2 heterocycles. The van der Waals surface area contributed by atoms with E-state index in [1.807, 2.05) is 12.1 Å². The van der Waals surface area contributed by atoms with Crippen LogP contribution in [-0.2, 0) is 20.8 Å². The average Bonchev–Trinajstić information content (AvgIpc) is 2.94. The van der Waals surface area contributed by atoms with Gasteiger partial charge < -0.3 is 20.9 Å². The molecule has 1 aromatic rings. The summed E-state index contributed by atoms with van der Waals surface area (Å²) in [5.41, 5.74) is 2.14. The van der Waals surface area contributed by atoms with Crippen molar-refractivity contribution in [1.29, 1.82) is 0 Å². The van der Waals surface area contributed by atoms with Gasteiger partial charge in [0.2, 0.25) is 17.7 Å². The molecule has 3 amide bonds. The number of thioether (sulfide) groups is 1. The Balaban J connectivity index is 1.56. The smallest absolute Gasteiger partial charge is 0.246 e. The summed E-state index contributed by atoms with van der Waals surface area (Å²) in [7, 11) is 1.70. The van der Waals surface area contributed by atoms with Crippen LogP contribution in [0.1, 0.15) is 56.7 Å². The van der Waals surface area contributed by atoms with Crippen molar-refractivity contribution >= 4 is 29.5 Å².